The van der Waals surface area contributed by atoms with Crippen LogP contribution < -0.4 is 5.32 Å². The molecule has 1 N–H and O–H groups in total. The van der Waals surface area contributed by atoms with Crippen molar-refractivity contribution >= 4 is 11.8 Å². The van der Waals surface area contributed by atoms with Crippen molar-refractivity contribution in [1.29, 1.82) is 0 Å². The minimum absolute atomic E-state index is 0.000206. The second kappa shape index (κ2) is 7.08. The van der Waals surface area contributed by atoms with Crippen molar-refractivity contribution in [2.75, 3.05) is 13.1 Å². The van der Waals surface area contributed by atoms with E-state index in [0.717, 1.165) is 18.4 Å². The Morgan fingerprint density at radius 3 is 2.68 bits per heavy atom. The lowest BCUT2D eigenvalue weighted by molar-refractivity contribution is -0.122. The molecular formula is C22H27N3O3. The summed E-state index contributed by atoms with van der Waals surface area (Å²) in [5.41, 5.74) is 1.56. The maximum atomic E-state index is 13.1. The minimum atomic E-state index is -0.167. The van der Waals surface area contributed by atoms with Gasteiger partial charge < -0.3 is 14.7 Å². The van der Waals surface area contributed by atoms with Crippen LogP contribution in [0.4, 0.5) is 0 Å². The number of amides is 2. The highest BCUT2D eigenvalue weighted by molar-refractivity contribution is 5.93. The van der Waals surface area contributed by atoms with Crippen LogP contribution in [-0.4, -0.2) is 41.0 Å². The lowest BCUT2D eigenvalue weighted by Crippen LogP contribution is -2.43. The van der Waals surface area contributed by atoms with Gasteiger partial charge in [-0.05, 0) is 24.2 Å². The Labute approximate surface area is 165 Å². The summed E-state index contributed by atoms with van der Waals surface area (Å²) in [6.45, 7) is 7.50. The smallest absolute Gasteiger partial charge is 0.292 e. The second-order valence-electron chi connectivity index (χ2n) is 8.96. The summed E-state index contributed by atoms with van der Waals surface area (Å²) in [7, 11) is 0. The number of hydrogen-bond donors (Lipinski definition) is 1. The minimum Gasteiger partial charge on any atom is -0.354 e. The molecule has 148 valence electrons. The highest BCUT2D eigenvalue weighted by atomic mass is 16.5. The number of nitrogens with zero attached hydrogens (tertiary/aromatic N) is 2. The van der Waals surface area contributed by atoms with Crippen molar-refractivity contribution in [2.24, 2.45) is 17.3 Å². The van der Waals surface area contributed by atoms with Crippen LogP contribution in [-0.2, 0) is 4.79 Å². The van der Waals surface area contributed by atoms with E-state index in [1.807, 2.05) is 35.2 Å². The SMILES string of the molecule is C[C@H]1C[C@@H]1C(=O)NC[C@@H]1CC(C)(C)CN1C(=O)c1cc(-c2ccccc2)no1. The van der Waals surface area contributed by atoms with Crippen molar-refractivity contribution in [3.63, 3.8) is 0 Å². The summed E-state index contributed by atoms with van der Waals surface area (Å²) >= 11 is 0. The summed E-state index contributed by atoms with van der Waals surface area (Å²) in [5.74, 6) is 0.795. The fraction of sp³-hybridized carbons (Fsp3) is 0.500. The van der Waals surface area contributed by atoms with Crippen molar-refractivity contribution < 1.29 is 14.1 Å². The number of nitrogens with one attached hydrogen (secondary N) is 1. The molecule has 28 heavy (non-hydrogen) atoms. The first-order chi connectivity index (χ1) is 13.3. The van der Waals surface area contributed by atoms with Crippen LogP contribution in [0.2, 0.25) is 0 Å². The molecule has 0 bridgehead atoms. The number of carbonyl (C=O) groups is 2. The lowest BCUT2D eigenvalue weighted by atomic mass is 9.91. The Balaban J connectivity index is 1.46. The Morgan fingerprint density at radius 1 is 1.29 bits per heavy atom. The normalized spacial score (nSPS) is 25.5. The summed E-state index contributed by atoms with van der Waals surface area (Å²) < 4.78 is 5.37. The van der Waals surface area contributed by atoms with Crippen LogP contribution in [0.1, 0.15) is 44.2 Å². The number of benzene rings is 1. The maximum absolute atomic E-state index is 13.1. The van der Waals surface area contributed by atoms with Gasteiger partial charge in [0.25, 0.3) is 5.91 Å². The predicted molar refractivity (Wildman–Crippen MR) is 105 cm³/mol. The Morgan fingerprint density at radius 2 is 2.00 bits per heavy atom. The fourth-order valence-electron chi connectivity index (χ4n) is 4.12. The third-order valence-corrected chi connectivity index (χ3v) is 5.84. The fourth-order valence-corrected chi connectivity index (χ4v) is 4.12. The molecule has 2 fully saturated rings. The lowest BCUT2D eigenvalue weighted by Gasteiger charge is -2.24. The average Bonchev–Trinajstić information content (AvgIpc) is 3.09. The third kappa shape index (κ3) is 3.81. The summed E-state index contributed by atoms with van der Waals surface area (Å²) in [6, 6.07) is 11.3. The summed E-state index contributed by atoms with van der Waals surface area (Å²) in [5, 5.41) is 7.11. The predicted octanol–water partition coefficient (Wildman–Crippen LogP) is 3.35. The van der Waals surface area contributed by atoms with Crippen LogP contribution in [0.5, 0.6) is 0 Å². The zero-order valence-electron chi connectivity index (χ0n) is 16.6. The summed E-state index contributed by atoms with van der Waals surface area (Å²) in [4.78, 5) is 27.1. The standard InChI is InChI=1S/C22H27N3O3/c1-14-9-17(14)20(26)23-12-16-11-22(2,3)13-25(16)21(27)19-10-18(24-28-19)15-7-5-4-6-8-15/h4-8,10,14,16-17H,9,11-13H2,1-3H3,(H,23,26)/t14-,16-,17-/m0/s1. The Bertz CT molecular complexity index is 874. The highest BCUT2D eigenvalue weighted by Crippen LogP contribution is 2.38. The first kappa shape index (κ1) is 18.7. The van der Waals surface area contributed by atoms with Gasteiger partial charge in [0, 0.05) is 30.6 Å². The van der Waals surface area contributed by atoms with Gasteiger partial charge >= 0.3 is 0 Å². The van der Waals surface area contributed by atoms with Gasteiger partial charge in [-0.1, -0.05) is 56.3 Å². The molecular weight excluding hydrogens is 354 g/mol. The molecule has 1 aromatic carbocycles. The molecule has 1 aliphatic heterocycles. The molecule has 1 aliphatic carbocycles. The van der Waals surface area contributed by atoms with Gasteiger partial charge in [0.2, 0.25) is 11.7 Å². The molecule has 0 unspecified atom stereocenters. The first-order valence-electron chi connectivity index (χ1n) is 9.95. The van der Waals surface area contributed by atoms with Gasteiger partial charge in [-0.2, -0.15) is 0 Å². The van der Waals surface area contributed by atoms with E-state index < -0.39 is 0 Å². The molecule has 2 aliphatic rings. The number of carbonyl (C=O) groups excluding carboxylic acids is 2. The van der Waals surface area contributed by atoms with Crippen LogP contribution in [0, 0.1) is 17.3 Å². The number of rotatable bonds is 5. The molecule has 2 aromatic rings. The van der Waals surface area contributed by atoms with Gasteiger partial charge in [-0.3, -0.25) is 9.59 Å². The molecule has 6 nitrogen and oxygen atoms in total. The highest BCUT2D eigenvalue weighted by Gasteiger charge is 2.43. The molecule has 1 saturated carbocycles. The molecule has 1 aromatic heterocycles. The van der Waals surface area contributed by atoms with Crippen molar-refractivity contribution in [3.8, 4) is 11.3 Å². The molecule has 0 spiro atoms. The molecule has 2 heterocycles. The maximum Gasteiger partial charge on any atom is 0.292 e. The van der Waals surface area contributed by atoms with Crippen molar-refractivity contribution in [3.05, 3.63) is 42.2 Å². The van der Waals surface area contributed by atoms with E-state index in [4.69, 9.17) is 4.52 Å². The van der Waals surface area contributed by atoms with Crippen molar-refractivity contribution in [2.45, 2.75) is 39.7 Å². The van der Waals surface area contributed by atoms with E-state index in [-0.39, 0.29) is 34.9 Å². The molecule has 0 radical (unpaired) electrons. The van der Waals surface area contributed by atoms with E-state index in [2.05, 4.69) is 31.2 Å². The van der Waals surface area contributed by atoms with Gasteiger partial charge in [0.1, 0.15) is 5.69 Å². The average molecular weight is 381 g/mol. The number of aromatic nitrogens is 1. The molecule has 6 heteroatoms. The number of hydrogen-bond acceptors (Lipinski definition) is 4. The summed E-state index contributed by atoms with van der Waals surface area (Å²) in [6.07, 6.45) is 1.81. The quantitative estimate of drug-likeness (QED) is 0.862. The second-order valence-corrected chi connectivity index (χ2v) is 8.96. The molecule has 2 amide bonds. The molecule has 3 atom stereocenters. The van der Waals surface area contributed by atoms with Gasteiger partial charge in [-0.25, -0.2) is 0 Å². The van der Waals surface area contributed by atoms with Crippen LogP contribution in [0.25, 0.3) is 11.3 Å². The van der Waals surface area contributed by atoms with Gasteiger partial charge in [0.15, 0.2) is 0 Å². The van der Waals surface area contributed by atoms with E-state index in [0.29, 0.717) is 24.7 Å². The zero-order valence-corrected chi connectivity index (χ0v) is 16.6. The van der Waals surface area contributed by atoms with E-state index in [1.165, 1.54) is 0 Å². The van der Waals surface area contributed by atoms with Crippen LogP contribution in [0.3, 0.4) is 0 Å². The van der Waals surface area contributed by atoms with Crippen LogP contribution in [0.15, 0.2) is 40.9 Å². The zero-order chi connectivity index (χ0) is 19.9. The van der Waals surface area contributed by atoms with Crippen LogP contribution >= 0.6 is 0 Å². The third-order valence-electron chi connectivity index (χ3n) is 5.84. The first-order valence-corrected chi connectivity index (χ1v) is 9.95. The molecule has 1 saturated heterocycles. The largest absolute Gasteiger partial charge is 0.354 e. The topological polar surface area (TPSA) is 75.4 Å². The Kier molecular flexibility index (Phi) is 4.73. The van der Waals surface area contributed by atoms with E-state index in [9.17, 15) is 9.59 Å². The monoisotopic (exact) mass is 381 g/mol. The van der Waals surface area contributed by atoms with Gasteiger partial charge in [-0.15, -0.1) is 0 Å². The van der Waals surface area contributed by atoms with E-state index in [1.54, 1.807) is 6.07 Å². The molecule has 4 rings (SSSR count). The Hall–Kier alpha value is -2.63. The van der Waals surface area contributed by atoms with E-state index >= 15 is 0 Å². The van der Waals surface area contributed by atoms with Gasteiger partial charge in [0.05, 0.1) is 6.04 Å². The van der Waals surface area contributed by atoms with Crippen molar-refractivity contribution in [1.82, 2.24) is 15.4 Å². The number of likely N-dealkylation sites (tertiary alicyclic amines) is 1.